The molecule has 0 bridgehead atoms. The Kier molecular flexibility index (Phi) is 6.69. The van der Waals surface area contributed by atoms with Crippen LogP contribution < -0.4 is 16.2 Å². The average Bonchev–Trinajstić information content (AvgIpc) is 2.88. The molecule has 1 aromatic carbocycles. The molecule has 0 amide bonds. The fourth-order valence-electron chi connectivity index (χ4n) is 2.18. The normalized spacial score (nSPS) is 11.2. The topological polar surface area (TPSA) is 84.4 Å². The molecular formula is C15H21Cl2N7. The number of hydrogen-bond donors (Lipinski definition) is 2. The van der Waals surface area contributed by atoms with Crippen LogP contribution in [-0.4, -0.2) is 45.9 Å². The second-order valence-electron chi connectivity index (χ2n) is 5.22. The van der Waals surface area contributed by atoms with Crippen molar-refractivity contribution in [2.75, 3.05) is 41.0 Å². The van der Waals surface area contributed by atoms with Crippen LogP contribution in [0.1, 0.15) is 17.0 Å². The van der Waals surface area contributed by atoms with Gasteiger partial charge in [-0.25, -0.2) is 10.1 Å². The number of alkyl halides is 2. The number of hydrazone groups is 1. The van der Waals surface area contributed by atoms with E-state index in [0.717, 1.165) is 29.9 Å². The number of aryl methyl sites for hydroxylation is 2. The van der Waals surface area contributed by atoms with Gasteiger partial charge in [0.25, 0.3) is 5.95 Å². The molecule has 3 N–H and O–H groups in total. The van der Waals surface area contributed by atoms with E-state index in [1.165, 1.54) is 4.68 Å². The summed E-state index contributed by atoms with van der Waals surface area (Å²) in [6.07, 6.45) is 1.72. The van der Waals surface area contributed by atoms with Crippen LogP contribution in [0.3, 0.4) is 0 Å². The average molecular weight is 370 g/mol. The lowest BCUT2D eigenvalue weighted by atomic mass is 10.1. The minimum absolute atomic E-state index is 0.383. The molecule has 1 heterocycles. The van der Waals surface area contributed by atoms with Gasteiger partial charge in [-0.2, -0.15) is 5.10 Å². The molecule has 0 atom stereocenters. The Balaban J connectivity index is 2.08. The van der Waals surface area contributed by atoms with Gasteiger partial charge in [0.05, 0.1) is 6.21 Å². The number of nitrogen functional groups attached to an aromatic ring is 1. The Hall–Kier alpha value is -1.99. The van der Waals surface area contributed by atoms with Gasteiger partial charge in [-0.3, -0.25) is 0 Å². The molecule has 0 aliphatic heterocycles. The van der Waals surface area contributed by atoms with Crippen LogP contribution in [0.2, 0.25) is 0 Å². The fourth-order valence-corrected chi connectivity index (χ4v) is 2.59. The van der Waals surface area contributed by atoms with Crippen molar-refractivity contribution in [1.82, 2.24) is 14.9 Å². The standard InChI is InChI=1S/C15H21Cl2N7/c1-11-9-14(23(7-5-16)8-6-17)4-3-13(11)10-19-21-15-22-20-12(2)24(15)18/h3-4,9-10H,5-8,18H2,1-2H3,(H,21,22)/b19-10+. The van der Waals surface area contributed by atoms with E-state index in [2.05, 4.69) is 31.7 Å². The van der Waals surface area contributed by atoms with Crippen LogP contribution in [0.5, 0.6) is 0 Å². The smallest absolute Gasteiger partial charge is 0.263 e. The first-order valence-corrected chi connectivity index (χ1v) is 8.57. The lowest BCUT2D eigenvalue weighted by Gasteiger charge is -2.23. The summed E-state index contributed by atoms with van der Waals surface area (Å²) < 4.78 is 1.34. The van der Waals surface area contributed by atoms with Gasteiger partial charge in [0.15, 0.2) is 5.82 Å². The van der Waals surface area contributed by atoms with Crippen LogP contribution in [0, 0.1) is 13.8 Å². The monoisotopic (exact) mass is 369 g/mol. The van der Waals surface area contributed by atoms with Crippen molar-refractivity contribution < 1.29 is 0 Å². The van der Waals surface area contributed by atoms with E-state index in [9.17, 15) is 0 Å². The highest BCUT2D eigenvalue weighted by Crippen LogP contribution is 2.18. The quantitative estimate of drug-likeness (QED) is 0.323. The number of benzene rings is 1. The Bertz CT molecular complexity index is 693. The van der Waals surface area contributed by atoms with E-state index in [-0.39, 0.29) is 0 Å². The van der Waals surface area contributed by atoms with Crippen LogP contribution in [0.25, 0.3) is 0 Å². The first-order chi connectivity index (χ1) is 11.6. The van der Waals surface area contributed by atoms with E-state index in [4.69, 9.17) is 29.0 Å². The van der Waals surface area contributed by atoms with Crippen molar-refractivity contribution in [3.05, 3.63) is 35.2 Å². The number of nitrogens with zero attached hydrogens (tertiary/aromatic N) is 5. The Labute approximate surface area is 151 Å². The number of nitrogens with two attached hydrogens (primary N) is 1. The molecule has 7 nitrogen and oxygen atoms in total. The van der Waals surface area contributed by atoms with Crippen molar-refractivity contribution in [2.24, 2.45) is 5.10 Å². The van der Waals surface area contributed by atoms with Gasteiger partial charge in [0.2, 0.25) is 0 Å². The maximum Gasteiger partial charge on any atom is 0.263 e. The zero-order valence-corrected chi connectivity index (χ0v) is 15.2. The van der Waals surface area contributed by atoms with E-state index in [1.807, 2.05) is 19.1 Å². The van der Waals surface area contributed by atoms with Crippen molar-refractivity contribution in [3.8, 4) is 0 Å². The van der Waals surface area contributed by atoms with E-state index in [0.29, 0.717) is 23.5 Å². The molecule has 24 heavy (non-hydrogen) atoms. The summed E-state index contributed by atoms with van der Waals surface area (Å²) in [4.78, 5) is 2.16. The molecule has 2 rings (SSSR count). The summed E-state index contributed by atoms with van der Waals surface area (Å²) in [6, 6.07) is 6.13. The molecule has 0 aliphatic rings. The Morgan fingerprint density at radius 2 is 1.96 bits per heavy atom. The molecule has 0 saturated heterocycles. The lowest BCUT2D eigenvalue weighted by Crippen LogP contribution is -2.27. The number of rotatable bonds is 8. The molecule has 0 fully saturated rings. The minimum atomic E-state index is 0.383. The summed E-state index contributed by atoms with van der Waals surface area (Å²) in [7, 11) is 0. The highest BCUT2D eigenvalue weighted by atomic mass is 35.5. The van der Waals surface area contributed by atoms with Gasteiger partial charge in [0.1, 0.15) is 0 Å². The van der Waals surface area contributed by atoms with Gasteiger partial charge in [-0.1, -0.05) is 6.07 Å². The van der Waals surface area contributed by atoms with Crippen molar-refractivity contribution in [3.63, 3.8) is 0 Å². The second kappa shape index (κ2) is 8.75. The molecule has 0 radical (unpaired) electrons. The van der Waals surface area contributed by atoms with E-state index < -0.39 is 0 Å². The lowest BCUT2D eigenvalue weighted by molar-refractivity contribution is 0.873. The van der Waals surface area contributed by atoms with Gasteiger partial charge in [0, 0.05) is 30.5 Å². The first-order valence-electron chi connectivity index (χ1n) is 7.50. The first kappa shape index (κ1) is 18.4. The second-order valence-corrected chi connectivity index (χ2v) is 5.97. The highest BCUT2D eigenvalue weighted by molar-refractivity contribution is 6.18. The zero-order valence-electron chi connectivity index (χ0n) is 13.7. The number of anilines is 2. The Morgan fingerprint density at radius 3 is 2.50 bits per heavy atom. The fraction of sp³-hybridized carbons (Fsp3) is 0.400. The summed E-state index contributed by atoms with van der Waals surface area (Å²) in [5, 5.41) is 11.9. The molecule has 0 aliphatic carbocycles. The van der Waals surface area contributed by atoms with Crippen LogP contribution in [0.15, 0.2) is 23.3 Å². The highest BCUT2D eigenvalue weighted by Gasteiger charge is 2.07. The van der Waals surface area contributed by atoms with Gasteiger partial charge >= 0.3 is 0 Å². The minimum Gasteiger partial charge on any atom is -0.369 e. The number of nitrogens with one attached hydrogen (secondary N) is 1. The molecule has 1 aromatic heterocycles. The molecule has 0 spiro atoms. The summed E-state index contributed by atoms with van der Waals surface area (Å²) in [5.74, 6) is 7.85. The number of aromatic nitrogens is 3. The van der Waals surface area contributed by atoms with Gasteiger partial charge in [-0.05, 0) is 37.1 Å². The van der Waals surface area contributed by atoms with Crippen LogP contribution >= 0.6 is 23.2 Å². The summed E-state index contributed by atoms with van der Waals surface area (Å²) in [5.41, 5.74) is 5.95. The van der Waals surface area contributed by atoms with Gasteiger partial charge in [-0.15, -0.1) is 33.4 Å². The van der Waals surface area contributed by atoms with Crippen molar-refractivity contribution in [1.29, 1.82) is 0 Å². The van der Waals surface area contributed by atoms with Crippen molar-refractivity contribution in [2.45, 2.75) is 13.8 Å². The summed E-state index contributed by atoms with van der Waals surface area (Å²) in [6.45, 7) is 5.31. The molecule has 0 saturated carbocycles. The third kappa shape index (κ3) is 4.52. The number of hydrogen-bond acceptors (Lipinski definition) is 6. The van der Waals surface area contributed by atoms with Crippen LogP contribution in [-0.2, 0) is 0 Å². The Morgan fingerprint density at radius 1 is 1.25 bits per heavy atom. The molecule has 130 valence electrons. The molecule has 2 aromatic rings. The predicted molar refractivity (Wildman–Crippen MR) is 101 cm³/mol. The maximum absolute atomic E-state index is 5.86. The molecule has 0 unspecified atom stereocenters. The number of halogens is 2. The largest absolute Gasteiger partial charge is 0.369 e. The SMILES string of the molecule is Cc1cc(N(CCCl)CCCl)ccc1/C=N/Nc1nnc(C)n1N. The van der Waals surface area contributed by atoms with Gasteiger partial charge < -0.3 is 10.7 Å². The van der Waals surface area contributed by atoms with Crippen LogP contribution in [0.4, 0.5) is 11.6 Å². The third-order valence-corrected chi connectivity index (χ3v) is 3.90. The van der Waals surface area contributed by atoms with E-state index >= 15 is 0 Å². The predicted octanol–water partition coefficient (Wildman–Crippen LogP) is 2.34. The van der Waals surface area contributed by atoms with E-state index in [1.54, 1.807) is 13.1 Å². The third-order valence-electron chi connectivity index (χ3n) is 3.56. The van der Waals surface area contributed by atoms with Crippen molar-refractivity contribution >= 4 is 41.1 Å². The molecule has 9 heteroatoms. The summed E-state index contributed by atoms with van der Waals surface area (Å²) >= 11 is 11.7. The molecular weight excluding hydrogens is 349 g/mol. The zero-order chi connectivity index (χ0) is 17.5. The maximum atomic E-state index is 5.86.